The molecule has 2 saturated heterocycles. The first kappa shape index (κ1) is 16.1. The van der Waals surface area contributed by atoms with Gasteiger partial charge in [0.05, 0.1) is 6.54 Å². The van der Waals surface area contributed by atoms with E-state index >= 15 is 0 Å². The molecule has 2 fully saturated rings. The van der Waals surface area contributed by atoms with Gasteiger partial charge in [0, 0.05) is 39.3 Å². The minimum atomic E-state index is -0.795. The Morgan fingerprint density at radius 1 is 1.10 bits per heavy atom. The largest absolute Gasteiger partial charge is 0.480 e. The van der Waals surface area contributed by atoms with E-state index in [1.54, 1.807) is 0 Å². The number of hydrogen-bond acceptors (Lipinski definition) is 3. The third kappa shape index (κ3) is 4.59. The molecule has 0 aromatic rings. The molecule has 0 aromatic carbocycles. The van der Waals surface area contributed by atoms with E-state index in [0.717, 1.165) is 39.0 Å². The number of carbonyl (C=O) groups is 2. The summed E-state index contributed by atoms with van der Waals surface area (Å²) in [5, 5.41) is 8.85. The Kier molecular flexibility index (Phi) is 5.85. The molecule has 1 N–H and O–H groups in total. The Hall–Kier alpha value is -1.30. The fourth-order valence-electron chi connectivity index (χ4n) is 3.36. The van der Waals surface area contributed by atoms with E-state index in [4.69, 9.17) is 5.11 Å². The SMILES string of the molecule is CCCC1CCN(C(=O)N2CCCN(CC(=O)O)CC2)C1. The average Bonchev–Trinajstić information content (AvgIpc) is 2.78. The van der Waals surface area contributed by atoms with Crippen LogP contribution in [0.25, 0.3) is 0 Å². The van der Waals surface area contributed by atoms with Crippen LogP contribution in [0.2, 0.25) is 0 Å². The van der Waals surface area contributed by atoms with Crippen LogP contribution in [0.15, 0.2) is 0 Å². The molecule has 1 unspecified atom stereocenters. The number of carboxylic acid groups (broad SMARTS) is 1. The fourth-order valence-corrected chi connectivity index (χ4v) is 3.36. The minimum absolute atomic E-state index is 0.0737. The number of hydrogen-bond donors (Lipinski definition) is 1. The first-order valence-corrected chi connectivity index (χ1v) is 8.08. The molecule has 0 saturated carbocycles. The number of nitrogens with zero attached hydrogens (tertiary/aromatic N) is 3. The highest BCUT2D eigenvalue weighted by Gasteiger charge is 2.29. The molecule has 1 atom stereocenters. The number of likely N-dealkylation sites (tertiary alicyclic amines) is 1. The molecule has 21 heavy (non-hydrogen) atoms. The lowest BCUT2D eigenvalue weighted by Gasteiger charge is -2.27. The van der Waals surface area contributed by atoms with Crippen molar-refractivity contribution >= 4 is 12.0 Å². The van der Waals surface area contributed by atoms with Crippen molar-refractivity contribution in [3.63, 3.8) is 0 Å². The molecular weight excluding hydrogens is 270 g/mol. The van der Waals surface area contributed by atoms with Crippen molar-refractivity contribution in [2.75, 3.05) is 45.8 Å². The smallest absolute Gasteiger partial charge is 0.320 e. The van der Waals surface area contributed by atoms with Gasteiger partial charge in [0.1, 0.15) is 0 Å². The highest BCUT2D eigenvalue weighted by atomic mass is 16.4. The molecule has 120 valence electrons. The highest BCUT2D eigenvalue weighted by Crippen LogP contribution is 2.22. The molecule has 0 aliphatic carbocycles. The van der Waals surface area contributed by atoms with Crippen LogP contribution in [0, 0.1) is 5.92 Å². The molecule has 0 aromatic heterocycles. The Morgan fingerprint density at radius 2 is 1.90 bits per heavy atom. The van der Waals surface area contributed by atoms with E-state index in [2.05, 4.69) is 6.92 Å². The van der Waals surface area contributed by atoms with Gasteiger partial charge in [-0.05, 0) is 25.2 Å². The van der Waals surface area contributed by atoms with Gasteiger partial charge in [0.2, 0.25) is 0 Å². The van der Waals surface area contributed by atoms with Crippen molar-refractivity contribution < 1.29 is 14.7 Å². The third-order valence-electron chi connectivity index (χ3n) is 4.47. The zero-order chi connectivity index (χ0) is 15.2. The van der Waals surface area contributed by atoms with E-state index < -0.39 is 5.97 Å². The zero-order valence-electron chi connectivity index (χ0n) is 13.0. The van der Waals surface area contributed by atoms with Crippen LogP contribution in [-0.2, 0) is 4.79 Å². The monoisotopic (exact) mass is 297 g/mol. The number of carbonyl (C=O) groups excluding carboxylic acids is 1. The zero-order valence-corrected chi connectivity index (χ0v) is 13.0. The standard InChI is InChI=1S/C15H27N3O3/c1-2-4-13-5-8-18(11-13)15(21)17-7-3-6-16(9-10-17)12-14(19)20/h13H,2-12H2,1H3,(H,19,20). The Labute approximate surface area is 126 Å². The molecule has 2 aliphatic heterocycles. The molecule has 0 spiro atoms. The van der Waals surface area contributed by atoms with E-state index in [1.165, 1.54) is 12.8 Å². The van der Waals surface area contributed by atoms with Crippen LogP contribution < -0.4 is 0 Å². The second kappa shape index (κ2) is 7.64. The highest BCUT2D eigenvalue weighted by molar-refractivity contribution is 5.75. The number of carboxylic acids is 1. The van der Waals surface area contributed by atoms with Gasteiger partial charge < -0.3 is 14.9 Å². The third-order valence-corrected chi connectivity index (χ3v) is 4.47. The van der Waals surface area contributed by atoms with Crippen LogP contribution in [0.4, 0.5) is 4.79 Å². The quantitative estimate of drug-likeness (QED) is 0.850. The number of amides is 2. The molecule has 0 radical (unpaired) electrons. The lowest BCUT2D eigenvalue weighted by atomic mass is 10.0. The maximum atomic E-state index is 12.5. The van der Waals surface area contributed by atoms with Crippen LogP contribution in [-0.4, -0.2) is 77.6 Å². The summed E-state index contributed by atoms with van der Waals surface area (Å²) in [6.45, 7) is 6.82. The van der Waals surface area contributed by atoms with Gasteiger partial charge in [0.25, 0.3) is 0 Å². The van der Waals surface area contributed by atoms with Gasteiger partial charge in [-0.3, -0.25) is 9.69 Å². The van der Waals surface area contributed by atoms with E-state index in [1.807, 2.05) is 14.7 Å². The van der Waals surface area contributed by atoms with Crippen LogP contribution in [0.5, 0.6) is 0 Å². The van der Waals surface area contributed by atoms with Crippen LogP contribution in [0.3, 0.4) is 0 Å². The molecular formula is C15H27N3O3. The molecule has 2 amide bonds. The summed E-state index contributed by atoms with van der Waals surface area (Å²) in [5.74, 6) is -0.133. The summed E-state index contributed by atoms with van der Waals surface area (Å²) in [6, 6.07) is 0.144. The maximum Gasteiger partial charge on any atom is 0.320 e. The Balaban J connectivity index is 1.82. The number of rotatable bonds is 4. The summed E-state index contributed by atoms with van der Waals surface area (Å²) in [7, 11) is 0. The predicted octanol–water partition coefficient (Wildman–Crippen LogP) is 1.32. The molecule has 6 heteroatoms. The van der Waals surface area contributed by atoms with E-state index in [0.29, 0.717) is 19.0 Å². The molecule has 2 heterocycles. The van der Waals surface area contributed by atoms with E-state index in [-0.39, 0.29) is 12.6 Å². The summed E-state index contributed by atoms with van der Waals surface area (Å²) < 4.78 is 0. The average molecular weight is 297 g/mol. The van der Waals surface area contributed by atoms with Gasteiger partial charge in [-0.25, -0.2) is 4.79 Å². The summed E-state index contributed by atoms with van der Waals surface area (Å²) in [6.07, 6.45) is 4.36. The van der Waals surface area contributed by atoms with Gasteiger partial charge in [-0.2, -0.15) is 0 Å². The van der Waals surface area contributed by atoms with Gasteiger partial charge in [0.15, 0.2) is 0 Å². The van der Waals surface area contributed by atoms with Crippen molar-refractivity contribution in [2.24, 2.45) is 5.92 Å². The second-order valence-corrected chi connectivity index (χ2v) is 6.18. The molecule has 0 bridgehead atoms. The van der Waals surface area contributed by atoms with Gasteiger partial charge >= 0.3 is 12.0 Å². The Bertz CT molecular complexity index is 375. The van der Waals surface area contributed by atoms with Crippen LogP contribution >= 0.6 is 0 Å². The van der Waals surface area contributed by atoms with E-state index in [9.17, 15) is 9.59 Å². The second-order valence-electron chi connectivity index (χ2n) is 6.18. The summed E-state index contributed by atoms with van der Waals surface area (Å²) in [4.78, 5) is 29.1. The van der Waals surface area contributed by atoms with Crippen LogP contribution in [0.1, 0.15) is 32.6 Å². The number of aliphatic carboxylic acids is 1. The van der Waals surface area contributed by atoms with Crippen molar-refractivity contribution in [1.82, 2.24) is 14.7 Å². The molecule has 2 aliphatic rings. The van der Waals surface area contributed by atoms with Crippen molar-refractivity contribution in [3.05, 3.63) is 0 Å². The molecule has 6 nitrogen and oxygen atoms in total. The van der Waals surface area contributed by atoms with Crippen molar-refractivity contribution in [1.29, 1.82) is 0 Å². The van der Waals surface area contributed by atoms with Crippen molar-refractivity contribution in [2.45, 2.75) is 32.6 Å². The normalized spacial score (nSPS) is 24.1. The van der Waals surface area contributed by atoms with Gasteiger partial charge in [-0.1, -0.05) is 13.3 Å². The lowest BCUT2D eigenvalue weighted by molar-refractivity contribution is -0.138. The summed E-state index contributed by atoms with van der Waals surface area (Å²) >= 11 is 0. The fraction of sp³-hybridized carbons (Fsp3) is 0.867. The topological polar surface area (TPSA) is 64.1 Å². The van der Waals surface area contributed by atoms with Crippen molar-refractivity contribution in [3.8, 4) is 0 Å². The summed E-state index contributed by atoms with van der Waals surface area (Å²) in [5.41, 5.74) is 0. The minimum Gasteiger partial charge on any atom is -0.480 e. The number of urea groups is 1. The first-order chi connectivity index (χ1) is 10.1. The maximum absolute atomic E-state index is 12.5. The Morgan fingerprint density at radius 3 is 2.62 bits per heavy atom. The predicted molar refractivity (Wildman–Crippen MR) is 80.2 cm³/mol. The first-order valence-electron chi connectivity index (χ1n) is 8.08. The van der Waals surface area contributed by atoms with Gasteiger partial charge in [-0.15, -0.1) is 0 Å². The lowest BCUT2D eigenvalue weighted by Crippen LogP contribution is -2.44. The molecule has 2 rings (SSSR count).